The van der Waals surface area contributed by atoms with Crippen LogP contribution in [-0.4, -0.2) is 35.6 Å². The molecule has 0 bridgehead atoms. The van der Waals surface area contributed by atoms with Crippen LogP contribution >= 0.6 is 0 Å². The molecule has 0 amide bonds. The van der Waals surface area contributed by atoms with Gasteiger partial charge < -0.3 is 16.0 Å². The molecule has 0 saturated carbocycles. The molecule has 5 nitrogen and oxygen atoms in total. The van der Waals surface area contributed by atoms with E-state index in [-0.39, 0.29) is 0 Å². The molecular formula is C13H21N5. The molecule has 18 heavy (non-hydrogen) atoms. The Balaban J connectivity index is 1.88. The number of piperidine rings is 1. The van der Waals surface area contributed by atoms with E-state index in [1.165, 1.54) is 12.8 Å². The second-order valence-corrected chi connectivity index (χ2v) is 5.48. The molecular weight excluding hydrogens is 226 g/mol. The maximum Gasteiger partial charge on any atom is 0.222 e. The second kappa shape index (κ2) is 4.39. The molecule has 2 aliphatic heterocycles. The lowest BCUT2D eigenvalue weighted by molar-refractivity contribution is 0.340. The SMILES string of the molecule is Cc1nc(N)nc(N2CC3CCCNC3C2)c1C. The zero-order chi connectivity index (χ0) is 12.7. The predicted molar refractivity (Wildman–Crippen MR) is 72.6 cm³/mol. The van der Waals surface area contributed by atoms with Gasteiger partial charge in [-0.2, -0.15) is 4.98 Å². The normalized spacial score (nSPS) is 27.3. The quantitative estimate of drug-likeness (QED) is 0.770. The number of nitrogens with two attached hydrogens (primary N) is 1. The van der Waals surface area contributed by atoms with Gasteiger partial charge in [-0.3, -0.25) is 0 Å². The van der Waals surface area contributed by atoms with Gasteiger partial charge in [-0.1, -0.05) is 0 Å². The lowest BCUT2D eigenvalue weighted by Crippen LogP contribution is -2.40. The Morgan fingerprint density at radius 1 is 1.28 bits per heavy atom. The monoisotopic (exact) mass is 247 g/mol. The average molecular weight is 247 g/mol. The molecule has 0 aromatic carbocycles. The third kappa shape index (κ3) is 1.92. The van der Waals surface area contributed by atoms with E-state index >= 15 is 0 Å². The van der Waals surface area contributed by atoms with Crippen molar-refractivity contribution in [1.82, 2.24) is 15.3 Å². The minimum absolute atomic E-state index is 0.385. The van der Waals surface area contributed by atoms with Gasteiger partial charge >= 0.3 is 0 Å². The van der Waals surface area contributed by atoms with E-state index in [2.05, 4.69) is 27.1 Å². The number of hydrogen-bond acceptors (Lipinski definition) is 5. The summed E-state index contributed by atoms with van der Waals surface area (Å²) in [6.07, 6.45) is 2.62. The van der Waals surface area contributed by atoms with Gasteiger partial charge in [0.1, 0.15) is 5.82 Å². The van der Waals surface area contributed by atoms with E-state index in [1.807, 2.05) is 6.92 Å². The molecule has 3 N–H and O–H groups in total. The second-order valence-electron chi connectivity index (χ2n) is 5.48. The maximum atomic E-state index is 5.78. The highest BCUT2D eigenvalue weighted by molar-refractivity contribution is 5.52. The van der Waals surface area contributed by atoms with Crippen LogP contribution in [0.5, 0.6) is 0 Å². The number of nitrogen functional groups attached to an aromatic ring is 1. The van der Waals surface area contributed by atoms with E-state index in [0.29, 0.717) is 12.0 Å². The van der Waals surface area contributed by atoms with Crippen LogP contribution in [0.25, 0.3) is 0 Å². The van der Waals surface area contributed by atoms with E-state index in [4.69, 9.17) is 5.73 Å². The predicted octanol–water partition coefficient (Wildman–Crippen LogP) is 0.864. The van der Waals surface area contributed by atoms with Gasteiger partial charge in [-0.05, 0) is 39.2 Å². The number of rotatable bonds is 1. The molecule has 2 atom stereocenters. The van der Waals surface area contributed by atoms with Crippen molar-refractivity contribution in [2.75, 3.05) is 30.3 Å². The van der Waals surface area contributed by atoms with Crippen molar-refractivity contribution in [3.05, 3.63) is 11.3 Å². The van der Waals surface area contributed by atoms with Crippen molar-refractivity contribution in [2.45, 2.75) is 32.7 Å². The first-order chi connectivity index (χ1) is 8.65. The van der Waals surface area contributed by atoms with Gasteiger partial charge in [-0.25, -0.2) is 4.98 Å². The minimum Gasteiger partial charge on any atom is -0.368 e. The molecule has 2 fully saturated rings. The summed E-state index contributed by atoms with van der Waals surface area (Å²) in [4.78, 5) is 11.0. The van der Waals surface area contributed by atoms with Crippen molar-refractivity contribution in [3.8, 4) is 0 Å². The first-order valence-corrected chi connectivity index (χ1v) is 6.74. The fourth-order valence-electron chi connectivity index (χ4n) is 3.16. The lowest BCUT2D eigenvalue weighted by Gasteiger charge is -2.24. The van der Waals surface area contributed by atoms with Crippen LogP contribution in [0, 0.1) is 19.8 Å². The molecule has 0 spiro atoms. The van der Waals surface area contributed by atoms with Crippen molar-refractivity contribution >= 4 is 11.8 Å². The van der Waals surface area contributed by atoms with Crippen LogP contribution in [0.1, 0.15) is 24.1 Å². The lowest BCUT2D eigenvalue weighted by atomic mass is 9.94. The van der Waals surface area contributed by atoms with Crippen LogP contribution in [0.4, 0.5) is 11.8 Å². The van der Waals surface area contributed by atoms with E-state index in [1.54, 1.807) is 0 Å². The number of fused-ring (bicyclic) bond motifs is 1. The standard InChI is InChI=1S/C13H21N5/c1-8-9(2)16-13(14)17-12(8)18-6-10-4-3-5-15-11(10)7-18/h10-11,15H,3-7H2,1-2H3,(H2,14,16,17). The number of anilines is 2. The molecule has 2 unspecified atom stereocenters. The first-order valence-electron chi connectivity index (χ1n) is 6.74. The van der Waals surface area contributed by atoms with Gasteiger partial charge in [0.05, 0.1) is 0 Å². The number of nitrogens with one attached hydrogen (secondary N) is 1. The fraction of sp³-hybridized carbons (Fsp3) is 0.692. The Bertz CT molecular complexity index is 445. The molecule has 3 rings (SSSR count). The van der Waals surface area contributed by atoms with Crippen molar-refractivity contribution in [3.63, 3.8) is 0 Å². The molecule has 3 heterocycles. The smallest absolute Gasteiger partial charge is 0.222 e. The van der Waals surface area contributed by atoms with Crippen LogP contribution < -0.4 is 16.0 Å². The van der Waals surface area contributed by atoms with Crippen LogP contribution in [0.15, 0.2) is 0 Å². The summed E-state index contributed by atoms with van der Waals surface area (Å²) >= 11 is 0. The summed E-state index contributed by atoms with van der Waals surface area (Å²) in [5.74, 6) is 2.17. The Hall–Kier alpha value is -1.36. The molecule has 2 saturated heterocycles. The molecule has 0 aliphatic carbocycles. The summed E-state index contributed by atoms with van der Waals surface area (Å²) in [6, 6.07) is 0.620. The zero-order valence-corrected chi connectivity index (χ0v) is 11.1. The summed E-state index contributed by atoms with van der Waals surface area (Å²) < 4.78 is 0. The fourth-order valence-corrected chi connectivity index (χ4v) is 3.16. The van der Waals surface area contributed by atoms with E-state index in [9.17, 15) is 0 Å². The van der Waals surface area contributed by atoms with Crippen LogP contribution in [0.2, 0.25) is 0 Å². The van der Waals surface area contributed by atoms with E-state index < -0.39 is 0 Å². The maximum absolute atomic E-state index is 5.78. The summed E-state index contributed by atoms with van der Waals surface area (Å²) in [6.45, 7) is 7.37. The minimum atomic E-state index is 0.385. The molecule has 1 aromatic rings. The molecule has 1 aromatic heterocycles. The number of aryl methyl sites for hydroxylation is 1. The van der Waals surface area contributed by atoms with E-state index in [0.717, 1.165) is 42.6 Å². The molecule has 2 aliphatic rings. The van der Waals surface area contributed by atoms with Crippen molar-refractivity contribution < 1.29 is 0 Å². The summed E-state index contributed by atoms with van der Waals surface area (Å²) in [7, 11) is 0. The molecule has 98 valence electrons. The van der Waals surface area contributed by atoms with Crippen LogP contribution in [-0.2, 0) is 0 Å². The third-order valence-corrected chi connectivity index (χ3v) is 4.28. The highest BCUT2D eigenvalue weighted by Gasteiger charge is 2.35. The average Bonchev–Trinajstić information content (AvgIpc) is 2.77. The number of nitrogens with zero attached hydrogens (tertiary/aromatic N) is 3. The molecule has 5 heteroatoms. The van der Waals surface area contributed by atoms with Gasteiger partial charge in [0.15, 0.2) is 0 Å². The van der Waals surface area contributed by atoms with Crippen molar-refractivity contribution in [1.29, 1.82) is 0 Å². The number of aromatic nitrogens is 2. The van der Waals surface area contributed by atoms with Crippen molar-refractivity contribution in [2.24, 2.45) is 5.92 Å². The van der Waals surface area contributed by atoms with Gasteiger partial charge in [0.25, 0.3) is 0 Å². The highest BCUT2D eigenvalue weighted by Crippen LogP contribution is 2.30. The number of hydrogen-bond donors (Lipinski definition) is 2. The topological polar surface area (TPSA) is 67.1 Å². The largest absolute Gasteiger partial charge is 0.368 e. The summed E-state index contributed by atoms with van der Waals surface area (Å²) in [5.41, 5.74) is 7.92. The highest BCUT2D eigenvalue weighted by atomic mass is 15.3. The zero-order valence-electron chi connectivity index (χ0n) is 11.1. The van der Waals surface area contributed by atoms with Gasteiger partial charge in [0.2, 0.25) is 5.95 Å². The van der Waals surface area contributed by atoms with Crippen LogP contribution in [0.3, 0.4) is 0 Å². The Morgan fingerprint density at radius 2 is 2.11 bits per heavy atom. The van der Waals surface area contributed by atoms with Gasteiger partial charge in [0, 0.05) is 30.4 Å². The summed E-state index contributed by atoms with van der Waals surface area (Å²) in [5, 5.41) is 3.61. The Morgan fingerprint density at radius 3 is 2.89 bits per heavy atom. The Kier molecular flexibility index (Phi) is 2.86. The van der Waals surface area contributed by atoms with Gasteiger partial charge in [-0.15, -0.1) is 0 Å². The third-order valence-electron chi connectivity index (χ3n) is 4.28. The first kappa shape index (κ1) is 11.7. The molecule has 0 radical (unpaired) electrons. The Labute approximate surface area is 108 Å².